The molecule has 2 amide bonds. The second-order valence-electron chi connectivity index (χ2n) is 7.86. The Hall–Kier alpha value is -3.36. The van der Waals surface area contributed by atoms with E-state index in [0.717, 1.165) is 30.4 Å². The average molecular weight is 408 g/mol. The molecule has 0 N–H and O–H groups in total. The van der Waals surface area contributed by atoms with Crippen LogP contribution in [-0.4, -0.2) is 62.8 Å². The van der Waals surface area contributed by atoms with Crippen LogP contribution in [0.5, 0.6) is 5.88 Å². The molecule has 2 aliphatic heterocycles. The first-order valence-corrected chi connectivity index (χ1v) is 10.2. The number of imidazole rings is 1. The number of amides is 2. The zero-order valence-electron chi connectivity index (χ0n) is 17.1. The van der Waals surface area contributed by atoms with Crippen molar-refractivity contribution in [2.24, 2.45) is 13.0 Å². The van der Waals surface area contributed by atoms with Crippen molar-refractivity contribution < 1.29 is 14.3 Å². The maximum Gasteiger partial charge on any atom is 0.260 e. The Bertz CT molecular complexity index is 1130. The third kappa shape index (κ3) is 2.92. The maximum absolute atomic E-state index is 13.4. The Morgan fingerprint density at radius 1 is 1.17 bits per heavy atom. The zero-order valence-corrected chi connectivity index (χ0v) is 17.1. The molecule has 4 heterocycles. The van der Waals surface area contributed by atoms with Crippen molar-refractivity contribution in [1.82, 2.24) is 24.2 Å². The lowest BCUT2D eigenvalue weighted by Crippen LogP contribution is -2.46. The number of rotatable bonds is 3. The number of nitrogens with zero attached hydrogens (tertiary/aromatic N) is 6. The first-order chi connectivity index (χ1) is 14.6. The van der Waals surface area contributed by atoms with Crippen LogP contribution in [0.2, 0.25) is 0 Å². The monoisotopic (exact) mass is 408 g/mol. The van der Waals surface area contributed by atoms with E-state index in [4.69, 9.17) is 4.74 Å². The molecule has 0 bridgehead atoms. The lowest BCUT2D eigenvalue weighted by Gasteiger charge is -2.33. The van der Waals surface area contributed by atoms with Gasteiger partial charge in [-0.1, -0.05) is 12.1 Å². The number of likely N-dealkylation sites (tertiary alicyclic amines) is 1. The van der Waals surface area contributed by atoms with Crippen molar-refractivity contribution in [2.75, 3.05) is 31.6 Å². The van der Waals surface area contributed by atoms with Crippen LogP contribution in [0.15, 0.2) is 30.5 Å². The van der Waals surface area contributed by atoms with Crippen molar-refractivity contribution in [3.05, 3.63) is 36.0 Å². The molecule has 0 unspecified atom stereocenters. The molecular formula is C21H24N6O3. The van der Waals surface area contributed by atoms with Gasteiger partial charge in [-0.3, -0.25) is 19.2 Å². The maximum atomic E-state index is 13.4. The highest BCUT2D eigenvalue weighted by atomic mass is 16.5. The predicted molar refractivity (Wildman–Crippen MR) is 110 cm³/mol. The number of ether oxygens (including phenoxy) is 1. The van der Waals surface area contributed by atoms with Gasteiger partial charge in [-0.05, 0) is 25.0 Å². The van der Waals surface area contributed by atoms with Crippen molar-refractivity contribution in [2.45, 2.75) is 19.4 Å². The summed E-state index contributed by atoms with van der Waals surface area (Å²) in [5, 5.41) is 4.17. The number of fused-ring (bicyclic) bond motifs is 3. The van der Waals surface area contributed by atoms with E-state index in [0.29, 0.717) is 37.0 Å². The highest BCUT2D eigenvalue weighted by molar-refractivity contribution is 5.99. The molecule has 9 heteroatoms. The SMILES string of the molecule is COc1nn(C)cc1C(=O)N1CCC[C@@H](C(=O)N2CCn3c2nc2ccccc23)C1. The molecular weight excluding hydrogens is 384 g/mol. The molecule has 0 saturated carbocycles. The third-order valence-electron chi connectivity index (χ3n) is 5.97. The minimum atomic E-state index is -0.239. The smallest absolute Gasteiger partial charge is 0.260 e. The fraction of sp³-hybridized carbons (Fsp3) is 0.429. The molecule has 1 fully saturated rings. The number of benzene rings is 1. The molecule has 3 aromatic rings. The van der Waals surface area contributed by atoms with Crippen LogP contribution >= 0.6 is 0 Å². The van der Waals surface area contributed by atoms with Crippen molar-refractivity contribution >= 4 is 28.8 Å². The summed E-state index contributed by atoms with van der Waals surface area (Å²) in [7, 11) is 3.25. The molecule has 30 heavy (non-hydrogen) atoms. The first-order valence-electron chi connectivity index (χ1n) is 10.2. The second-order valence-corrected chi connectivity index (χ2v) is 7.86. The number of para-hydroxylation sites is 2. The number of aromatic nitrogens is 4. The lowest BCUT2D eigenvalue weighted by molar-refractivity contribution is -0.123. The molecule has 1 aromatic carbocycles. The standard InChI is InChI=1S/C21H24N6O3/c1-24-13-15(18(23-24)30-2)20(29)25-9-5-6-14(12-25)19(28)27-11-10-26-17-8-4-3-7-16(17)22-21(26)27/h3-4,7-8,13-14H,5-6,9-12H2,1-2H3/t14-/m1/s1. The largest absolute Gasteiger partial charge is 0.479 e. The summed E-state index contributed by atoms with van der Waals surface area (Å²) < 4.78 is 8.90. The molecule has 5 rings (SSSR count). The number of piperidine rings is 1. The van der Waals surface area contributed by atoms with Crippen LogP contribution in [0.25, 0.3) is 11.0 Å². The van der Waals surface area contributed by atoms with Gasteiger partial charge in [-0.2, -0.15) is 0 Å². The van der Waals surface area contributed by atoms with Crippen LogP contribution in [-0.2, 0) is 18.4 Å². The van der Waals surface area contributed by atoms with Gasteiger partial charge in [0.2, 0.25) is 17.7 Å². The number of aryl methyl sites for hydroxylation is 1. The van der Waals surface area contributed by atoms with Crippen LogP contribution in [0.1, 0.15) is 23.2 Å². The van der Waals surface area contributed by atoms with E-state index in [1.54, 1.807) is 27.7 Å². The van der Waals surface area contributed by atoms with Gasteiger partial charge in [0.05, 0.1) is 24.1 Å². The van der Waals surface area contributed by atoms with Crippen LogP contribution in [0.4, 0.5) is 5.95 Å². The normalized spacial score (nSPS) is 18.7. The fourth-order valence-electron chi connectivity index (χ4n) is 4.52. The molecule has 2 aliphatic rings. The number of carbonyl (C=O) groups is 2. The highest BCUT2D eigenvalue weighted by Gasteiger charge is 2.36. The van der Waals surface area contributed by atoms with Gasteiger partial charge in [0.1, 0.15) is 5.56 Å². The molecule has 1 atom stereocenters. The fourth-order valence-corrected chi connectivity index (χ4v) is 4.52. The predicted octanol–water partition coefficient (Wildman–Crippen LogP) is 1.68. The average Bonchev–Trinajstić information content (AvgIpc) is 3.45. The van der Waals surface area contributed by atoms with Crippen molar-refractivity contribution in [1.29, 1.82) is 0 Å². The van der Waals surface area contributed by atoms with E-state index in [-0.39, 0.29) is 17.7 Å². The van der Waals surface area contributed by atoms with Crippen LogP contribution < -0.4 is 9.64 Å². The first kappa shape index (κ1) is 18.7. The number of hydrogen-bond donors (Lipinski definition) is 0. The number of anilines is 1. The van der Waals surface area contributed by atoms with Crippen LogP contribution in [0.3, 0.4) is 0 Å². The summed E-state index contributed by atoms with van der Waals surface area (Å²) in [6, 6.07) is 7.93. The minimum absolute atomic E-state index is 0.0414. The Morgan fingerprint density at radius 3 is 2.83 bits per heavy atom. The topological polar surface area (TPSA) is 85.5 Å². The summed E-state index contributed by atoms with van der Waals surface area (Å²) in [5.74, 6) is 0.672. The molecule has 0 radical (unpaired) electrons. The van der Waals surface area contributed by atoms with E-state index in [1.807, 2.05) is 24.3 Å². The lowest BCUT2D eigenvalue weighted by atomic mass is 9.96. The van der Waals surface area contributed by atoms with E-state index in [2.05, 4.69) is 14.6 Å². The van der Waals surface area contributed by atoms with Gasteiger partial charge in [0.25, 0.3) is 5.91 Å². The molecule has 156 valence electrons. The van der Waals surface area contributed by atoms with Gasteiger partial charge in [0.15, 0.2) is 0 Å². The van der Waals surface area contributed by atoms with Gasteiger partial charge in [-0.25, -0.2) is 4.98 Å². The molecule has 9 nitrogen and oxygen atoms in total. The number of carbonyl (C=O) groups excluding carboxylic acids is 2. The van der Waals surface area contributed by atoms with Crippen molar-refractivity contribution in [3.63, 3.8) is 0 Å². The number of hydrogen-bond acceptors (Lipinski definition) is 5. The third-order valence-corrected chi connectivity index (χ3v) is 5.97. The Labute approximate surface area is 173 Å². The quantitative estimate of drug-likeness (QED) is 0.658. The molecule has 0 spiro atoms. The zero-order chi connectivity index (χ0) is 20.8. The summed E-state index contributed by atoms with van der Waals surface area (Å²) in [4.78, 5) is 34.6. The van der Waals surface area contributed by atoms with Gasteiger partial charge in [0, 0.05) is 39.4 Å². The summed E-state index contributed by atoms with van der Waals surface area (Å²) in [6.07, 6.45) is 3.22. The molecule has 0 aliphatic carbocycles. The summed E-state index contributed by atoms with van der Waals surface area (Å²) in [5.41, 5.74) is 2.37. The second kappa shape index (κ2) is 7.16. The van der Waals surface area contributed by atoms with Crippen LogP contribution in [0, 0.1) is 5.92 Å². The van der Waals surface area contributed by atoms with Crippen molar-refractivity contribution in [3.8, 4) is 5.88 Å². The van der Waals surface area contributed by atoms with E-state index in [1.165, 1.54) is 7.11 Å². The van der Waals surface area contributed by atoms with Gasteiger partial charge in [-0.15, -0.1) is 5.10 Å². The summed E-state index contributed by atoms with van der Waals surface area (Å²) in [6.45, 7) is 2.38. The van der Waals surface area contributed by atoms with E-state index in [9.17, 15) is 9.59 Å². The Kier molecular flexibility index (Phi) is 4.45. The highest BCUT2D eigenvalue weighted by Crippen LogP contribution is 2.30. The molecule has 1 saturated heterocycles. The Morgan fingerprint density at radius 2 is 2.00 bits per heavy atom. The van der Waals surface area contributed by atoms with Gasteiger partial charge < -0.3 is 14.2 Å². The van der Waals surface area contributed by atoms with E-state index < -0.39 is 0 Å². The Balaban J connectivity index is 1.36. The number of methoxy groups -OCH3 is 1. The van der Waals surface area contributed by atoms with Gasteiger partial charge >= 0.3 is 0 Å². The summed E-state index contributed by atoms with van der Waals surface area (Å²) >= 11 is 0. The van der Waals surface area contributed by atoms with E-state index >= 15 is 0 Å². The minimum Gasteiger partial charge on any atom is -0.479 e. The molecule has 2 aromatic heterocycles.